The topological polar surface area (TPSA) is 46.6 Å². The second-order valence-electron chi connectivity index (χ2n) is 6.08. The summed E-state index contributed by atoms with van der Waals surface area (Å²) in [7, 11) is -3.52. The summed E-state index contributed by atoms with van der Waals surface area (Å²) >= 11 is 1.76. The number of sulfonamides is 1. The van der Waals surface area contributed by atoms with E-state index in [-0.39, 0.29) is 16.8 Å². The van der Waals surface area contributed by atoms with Crippen LogP contribution in [0.3, 0.4) is 0 Å². The summed E-state index contributed by atoms with van der Waals surface area (Å²) in [5, 5.41) is 0.271. The molecule has 140 valence electrons. The Bertz CT molecular complexity index is 852. The van der Waals surface area contributed by atoms with Gasteiger partial charge < -0.3 is 4.74 Å². The molecule has 0 bridgehead atoms. The predicted octanol–water partition coefficient (Wildman–Crippen LogP) is 3.67. The molecule has 1 aliphatic rings. The largest absolute Gasteiger partial charge is 0.489 e. The van der Waals surface area contributed by atoms with E-state index in [1.165, 1.54) is 28.6 Å². The molecule has 1 fully saturated rings. The number of halogens is 2. The van der Waals surface area contributed by atoms with E-state index >= 15 is 0 Å². The first-order chi connectivity index (χ1) is 12.3. The van der Waals surface area contributed by atoms with Crippen LogP contribution < -0.4 is 4.74 Å². The van der Waals surface area contributed by atoms with E-state index in [1.54, 1.807) is 23.9 Å². The van der Waals surface area contributed by atoms with Crippen molar-refractivity contribution >= 4 is 21.8 Å². The highest BCUT2D eigenvalue weighted by molar-refractivity contribution is 8.00. The van der Waals surface area contributed by atoms with E-state index in [9.17, 15) is 17.2 Å². The van der Waals surface area contributed by atoms with Crippen molar-refractivity contribution in [1.82, 2.24) is 4.31 Å². The maximum atomic E-state index is 13.2. The highest BCUT2D eigenvalue weighted by Gasteiger charge is 2.28. The Morgan fingerprint density at radius 2 is 1.81 bits per heavy atom. The zero-order chi connectivity index (χ0) is 18.7. The Morgan fingerprint density at radius 1 is 1.15 bits per heavy atom. The lowest BCUT2D eigenvalue weighted by Gasteiger charge is -2.29. The molecule has 1 aliphatic heterocycles. The molecule has 0 N–H and O–H groups in total. The number of hydrogen-bond acceptors (Lipinski definition) is 4. The maximum Gasteiger partial charge on any atom is 0.243 e. The van der Waals surface area contributed by atoms with Gasteiger partial charge in [-0.25, -0.2) is 17.2 Å². The summed E-state index contributed by atoms with van der Waals surface area (Å²) in [4.78, 5) is 0.209. The average Bonchev–Trinajstić information content (AvgIpc) is 2.59. The summed E-state index contributed by atoms with van der Waals surface area (Å²) in [6.07, 6.45) is 0. The lowest BCUT2D eigenvalue weighted by atomic mass is 10.2. The summed E-state index contributed by atoms with van der Waals surface area (Å²) in [6, 6.07) is 9.25. The van der Waals surface area contributed by atoms with Crippen LogP contribution in [0.4, 0.5) is 8.78 Å². The molecular formula is C18H19F2NO3S2. The Labute approximate surface area is 156 Å². The predicted molar refractivity (Wildman–Crippen MR) is 97.8 cm³/mol. The van der Waals surface area contributed by atoms with E-state index in [0.29, 0.717) is 24.4 Å². The number of thioether (sulfide) groups is 1. The van der Waals surface area contributed by atoms with Gasteiger partial charge in [-0.1, -0.05) is 6.92 Å². The SMILES string of the molecule is C[C@H]1CN(S(=O)(=O)c2ccc(OCc3cc(F)cc(F)c3)cc2)CCS1. The quantitative estimate of drug-likeness (QED) is 0.770. The van der Waals surface area contributed by atoms with Crippen LogP contribution in [0.1, 0.15) is 12.5 Å². The zero-order valence-electron chi connectivity index (χ0n) is 14.2. The third-order valence-electron chi connectivity index (χ3n) is 3.99. The van der Waals surface area contributed by atoms with E-state index in [4.69, 9.17) is 4.74 Å². The number of rotatable bonds is 5. The number of hydrogen-bond donors (Lipinski definition) is 0. The van der Waals surface area contributed by atoms with Crippen molar-refractivity contribution in [3.05, 3.63) is 59.7 Å². The molecule has 3 rings (SSSR count). The van der Waals surface area contributed by atoms with E-state index in [1.807, 2.05) is 6.92 Å². The molecule has 0 aromatic heterocycles. The molecule has 0 unspecified atom stereocenters. The molecule has 0 radical (unpaired) electrons. The number of ether oxygens (including phenoxy) is 1. The van der Waals surface area contributed by atoms with Gasteiger partial charge in [0, 0.05) is 30.2 Å². The highest BCUT2D eigenvalue weighted by atomic mass is 32.2. The van der Waals surface area contributed by atoms with Crippen molar-refractivity contribution < 1.29 is 21.9 Å². The minimum atomic E-state index is -3.52. The van der Waals surface area contributed by atoms with Gasteiger partial charge in [0.05, 0.1) is 4.90 Å². The van der Waals surface area contributed by atoms with Crippen molar-refractivity contribution in [2.45, 2.75) is 23.7 Å². The van der Waals surface area contributed by atoms with Gasteiger partial charge in [0.2, 0.25) is 10.0 Å². The molecule has 2 aromatic rings. The Kier molecular flexibility index (Phi) is 5.84. The Morgan fingerprint density at radius 3 is 2.42 bits per heavy atom. The van der Waals surface area contributed by atoms with Gasteiger partial charge >= 0.3 is 0 Å². The van der Waals surface area contributed by atoms with Crippen molar-refractivity contribution in [3.8, 4) is 5.75 Å². The van der Waals surface area contributed by atoms with Gasteiger partial charge in [-0.2, -0.15) is 16.1 Å². The van der Waals surface area contributed by atoms with E-state index < -0.39 is 21.7 Å². The number of benzene rings is 2. The first-order valence-electron chi connectivity index (χ1n) is 8.14. The molecule has 0 saturated carbocycles. The molecule has 2 aromatic carbocycles. The molecule has 1 saturated heterocycles. The van der Waals surface area contributed by atoms with Crippen LogP contribution in [-0.2, 0) is 16.6 Å². The van der Waals surface area contributed by atoms with Crippen molar-refractivity contribution in [2.24, 2.45) is 0 Å². The standard InChI is InChI=1S/C18H19F2NO3S2/c1-13-11-21(6-7-25-13)26(22,23)18-4-2-17(3-5-18)24-12-14-8-15(19)10-16(20)9-14/h2-5,8-10,13H,6-7,11-12H2,1H3/t13-/m0/s1. The van der Waals surface area contributed by atoms with Crippen LogP contribution in [-0.4, -0.2) is 36.8 Å². The molecule has 0 spiro atoms. The van der Waals surface area contributed by atoms with Crippen LogP contribution >= 0.6 is 11.8 Å². The average molecular weight is 399 g/mol. The fraction of sp³-hybridized carbons (Fsp3) is 0.333. The molecule has 0 amide bonds. The molecule has 1 heterocycles. The maximum absolute atomic E-state index is 13.2. The van der Waals surface area contributed by atoms with Crippen molar-refractivity contribution in [2.75, 3.05) is 18.8 Å². The van der Waals surface area contributed by atoms with Gasteiger partial charge in [-0.3, -0.25) is 0 Å². The second-order valence-corrected chi connectivity index (χ2v) is 9.57. The van der Waals surface area contributed by atoms with Crippen LogP contribution in [0.5, 0.6) is 5.75 Å². The first-order valence-corrected chi connectivity index (χ1v) is 10.6. The summed E-state index contributed by atoms with van der Waals surface area (Å²) in [5.74, 6) is -0.125. The lowest BCUT2D eigenvalue weighted by molar-refractivity contribution is 0.304. The zero-order valence-corrected chi connectivity index (χ0v) is 15.8. The molecule has 1 atom stereocenters. The summed E-state index contributed by atoms with van der Waals surface area (Å²) in [6.45, 7) is 3.00. The van der Waals surface area contributed by atoms with Crippen molar-refractivity contribution in [1.29, 1.82) is 0 Å². The summed E-state index contributed by atoms with van der Waals surface area (Å²) in [5.41, 5.74) is 0.360. The fourth-order valence-electron chi connectivity index (χ4n) is 2.72. The van der Waals surface area contributed by atoms with Gasteiger partial charge in [-0.05, 0) is 42.0 Å². The second kappa shape index (κ2) is 7.94. The minimum Gasteiger partial charge on any atom is -0.489 e. The summed E-state index contributed by atoms with van der Waals surface area (Å²) < 4.78 is 58.7. The van der Waals surface area contributed by atoms with Crippen LogP contribution in [0.25, 0.3) is 0 Å². The van der Waals surface area contributed by atoms with E-state index in [2.05, 4.69) is 0 Å². The third kappa shape index (κ3) is 4.55. The molecule has 8 heteroatoms. The van der Waals surface area contributed by atoms with Crippen molar-refractivity contribution in [3.63, 3.8) is 0 Å². The monoisotopic (exact) mass is 399 g/mol. The molecule has 26 heavy (non-hydrogen) atoms. The van der Waals surface area contributed by atoms with Gasteiger partial charge in [-0.15, -0.1) is 0 Å². The molecular weight excluding hydrogens is 380 g/mol. The molecule has 4 nitrogen and oxygen atoms in total. The number of nitrogens with zero attached hydrogens (tertiary/aromatic N) is 1. The van der Waals surface area contributed by atoms with Gasteiger partial charge in [0.1, 0.15) is 24.0 Å². The van der Waals surface area contributed by atoms with Gasteiger partial charge in [0.15, 0.2) is 0 Å². The van der Waals surface area contributed by atoms with Crippen LogP contribution in [0, 0.1) is 11.6 Å². The first kappa shape index (κ1) is 19.1. The highest BCUT2D eigenvalue weighted by Crippen LogP contribution is 2.25. The van der Waals surface area contributed by atoms with Crippen LogP contribution in [0.2, 0.25) is 0 Å². The Hall–Kier alpha value is -1.64. The third-order valence-corrected chi connectivity index (χ3v) is 7.01. The van der Waals surface area contributed by atoms with E-state index in [0.717, 1.165) is 11.8 Å². The van der Waals surface area contributed by atoms with Gasteiger partial charge in [0.25, 0.3) is 0 Å². The Balaban J connectivity index is 1.68. The fourth-order valence-corrected chi connectivity index (χ4v) is 5.48. The molecule has 0 aliphatic carbocycles. The smallest absolute Gasteiger partial charge is 0.243 e. The lowest BCUT2D eigenvalue weighted by Crippen LogP contribution is -2.40. The van der Waals surface area contributed by atoms with Crippen LogP contribution in [0.15, 0.2) is 47.4 Å². The minimum absolute atomic E-state index is 0.0123. The normalized spacial score (nSPS) is 18.7.